The van der Waals surface area contributed by atoms with Gasteiger partial charge in [-0.05, 0) is 43.4 Å². The highest BCUT2D eigenvalue weighted by atomic mass is 35.5. The molecule has 1 heterocycles. The van der Waals surface area contributed by atoms with Crippen LogP contribution in [0.4, 0.5) is 0 Å². The molecule has 102 valence electrons. The van der Waals surface area contributed by atoms with E-state index in [1.807, 2.05) is 12.1 Å². The summed E-state index contributed by atoms with van der Waals surface area (Å²) in [5.41, 5.74) is 1.32. The molecule has 1 aliphatic carbocycles. The van der Waals surface area contributed by atoms with Gasteiger partial charge in [0, 0.05) is 29.9 Å². The molecule has 1 aliphatic heterocycles. The average molecular weight is 278 g/mol. The largest absolute Gasteiger partial charge is 0.342 e. The summed E-state index contributed by atoms with van der Waals surface area (Å²) < 4.78 is 0. The normalized spacial score (nSPS) is 24.1. The van der Waals surface area contributed by atoms with Gasteiger partial charge in [0.15, 0.2) is 0 Å². The Labute approximate surface area is 119 Å². The van der Waals surface area contributed by atoms with Crippen molar-refractivity contribution in [3.05, 3.63) is 34.9 Å². The van der Waals surface area contributed by atoms with Gasteiger partial charge in [0.2, 0.25) is 5.91 Å². The summed E-state index contributed by atoms with van der Waals surface area (Å²) in [7, 11) is 0. The molecule has 1 atom stereocenters. The van der Waals surface area contributed by atoms with Crippen molar-refractivity contribution >= 4 is 17.5 Å². The van der Waals surface area contributed by atoms with Gasteiger partial charge in [0.1, 0.15) is 0 Å². The Bertz CT molecular complexity index is 452. The monoisotopic (exact) mass is 277 g/mol. The van der Waals surface area contributed by atoms with Crippen LogP contribution in [0.25, 0.3) is 0 Å². The number of likely N-dealkylation sites (tertiary alicyclic amines) is 1. The van der Waals surface area contributed by atoms with E-state index in [-0.39, 0.29) is 0 Å². The molecule has 1 aromatic carbocycles. The molecule has 1 saturated heterocycles. The van der Waals surface area contributed by atoms with E-state index in [2.05, 4.69) is 17.0 Å². The van der Waals surface area contributed by atoms with Crippen molar-refractivity contribution in [2.75, 3.05) is 13.1 Å². The third-order valence-corrected chi connectivity index (χ3v) is 4.50. The van der Waals surface area contributed by atoms with Crippen molar-refractivity contribution in [3.8, 4) is 0 Å². The minimum absolute atomic E-state index is 0.337. The van der Waals surface area contributed by atoms with Crippen LogP contribution in [0.2, 0.25) is 5.02 Å². The molecule has 2 fully saturated rings. The van der Waals surface area contributed by atoms with Gasteiger partial charge in [-0.3, -0.25) is 4.79 Å². The molecule has 1 amide bonds. The molecule has 1 saturated carbocycles. The SMILES string of the molecule is O=C(C1CC1)N1CCCC[C@H](c2ccc(Cl)cc2)C1. The van der Waals surface area contributed by atoms with Gasteiger partial charge in [0.25, 0.3) is 0 Å². The van der Waals surface area contributed by atoms with Crippen molar-refractivity contribution in [1.82, 2.24) is 4.90 Å². The van der Waals surface area contributed by atoms with Crippen LogP contribution in [0.1, 0.15) is 43.6 Å². The van der Waals surface area contributed by atoms with E-state index in [1.165, 1.54) is 18.4 Å². The maximum atomic E-state index is 12.2. The first-order valence-electron chi connectivity index (χ1n) is 7.28. The summed E-state index contributed by atoms with van der Waals surface area (Å²) in [5.74, 6) is 1.20. The summed E-state index contributed by atoms with van der Waals surface area (Å²) in [6.07, 6.45) is 5.72. The van der Waals surface area contributed by atoms with Crippen LogP contribution in [0, 0.1) is 5.92 Å². The predicted octanol–water partition coefficient (Wildman–Crippen LogP) is 3.85. The summed E-state index contributed by atoms with van der Waals surface area (Å²) in [6, 6.07) is 8.12. The standard InChI is InChI=1S/C16H20ClNO/c17-15-8-6-12(7-9-15)14-3-1-2-10-18(11-14)16(19)13-4-5-13/h6-9,13-14H,1-5,10-11H2/t14-/m0/s1. The van der Waals surface area contributed by atoms with Gasteiger partial charge < -0.3 is 4.90 Å². The fraction of sp³-hybridized carbons (Fsp3) is 0.562. The fourth-order valence-electron chi connectivity index (χ4n) is 2.94. The third-order valence-electron chi connectivity index (χ3n) is 4.25. The summed E-state index contributed by atoms with van der Waals surface area (Å²) >= 11 is 5.95. The van der Waals surface area contributed by atoms with E-state index < -0.39 is 0 Å². The van der Waals surface area contributed by atoms with E-state index in [0.29, 0.717) is 17.7 Å². The molecule has 19 heavy (non-hydrogen) atoms. The summed E-state index contributed by atoms with van der Waals surface area (Å²) in [5, 5.41) is 0.781. The zero-order chi connectivity index (χ0) is 13.2. The number of rotatable bonds is 2. The minimum atomic E-state index is 0.337. The Balaban J connectivity index is 1.73. The van der Waals surface area contributed by atoms with Gasteiger partial charge >= 0.3 is 0 Å². The maximum Gasteiger partial charge on any atom is 0.225 e. The lowest BCUT2D eigenvalue weighted by molar-refractivity contribution is -0.132. The summed E-state index contributed by atoms with van der Waals surface area (Å²) in [6.45, 7) is 1.83. The first-order valence-corrected chi connectivity index (χ1v) is 7.66. The van der Waals surface area contributed by atoms with Crippen LogP contribution in [-0.2, 0) is 4.79 Å². The van der Waals surface area contributed by atoms with E-state index in [4.69, 9.17) is 11.6 Å². The molecule has 0 radical (unpaired) electrons. The zero-order valence-electron chi connectivity index (χ0n) is 11.1. The van der Waals surface area contributed by atoms with E-state index in [9.17, 15) is 4.79 Å². The molecule has 0 N–H and O–H groups in total. The molecule has 1 aromatic rings. The van der Waals surface area contributed by atoms with Crippen LogP contribution < -0.4 is 0 Å². The Morgan fingerprint density at radius 3 is 2.53 bits per heavy atom. The molecule has 0 bridgehead atoms. The molecule has 0 spiro atoms. The minimum Gasteiger partial charge on any atom is -0.342 e. The Morgan fingerprint density at radius 2 is 1.84 bits per heavy atom. The van der Waals surface area contributed by atoms with Crippen molar-refractivity contribution in [2.45, 2.75) is 38.0 Å². The van der Waals surface area contributed by atoms with Gasteiger partial charge in [0.05, 0.1) is 0 Å². The van der Waals surface area contributed by atoms with Gasteiger partial charge in [-0.25, -0.2) is 0 Å². The molecule has 2 aliphatic rings. The number of benzene rings is 1. The second-order valence-corrected chi connectivity index (χ2v) is 6.24. The molecular formula is C16H20ClNO. The second-order valence-electron chi connectivity index (χ2n) is 5.80. The van der Waals surface area contributed by atoms with E-state index in [1.54, 1.807) is 0 Å². The van der Waals surface area contributed by atoms with Crippen LogP contribution in [0.3, 0.4) is 0 Å². The van der Waals surface area contributed by atoms with Crippen molar-refractivity contribution in [1.29, 1.82) is 0 Å². The van der Waals surface area contributed by atoms with E-state index >= 15 is 0 Å². The molecule has 0 aromatic heterocycles. The summed E-state index contributed by atoms with van der Waals surface area (Å²) in [4.78, 5) is 14.4. The van der Waals surface area contributed by atoms with Crippen molar-refractivity contribution in [3.63, 3.8) is 0 Å². The second kappa shape index (κ2) is 5.54. The Morgan fingerprint density at radius 1 is 1.11 bits per heavy atom. The molecular weight excluding hydrogens is 258 g/mol. The number of hydrogen-bond acceptors (Lipinski definition) is 1. The number of halogens is 1. The third kappa shape index (κ3) is 3.11. The first kappa shape index (κ1) is 13.0. The highest BCUT2D eigenvalue weighted by Crippen LogP contribution is 2.34. The molecule has 0 unspecified atom stereocenters. The lowest BCUT2D eigenvalue weighted by Crippen LogP contribution is -2.35. The van der Waals surface area contributed by atoms with E-state index in [0.717, 1.165) is 37.4 Å². The quantitative estimate of drug-likeness (QED) is 0.804. The average Bonchev–Trinajstić information content (AvgIpc) is 3.26. The predicted molar refractivity (Wildman–Crippen MR) is 77.3 cm³/mol. The molecule has 2 nitrogen and oxygen atoms in total. The van der Waals surface area contributed by atoms with Gasteiger partial charge in [-0.15, -0.1) is 0 Å². The number of nitrogens with zero attached hydrogens (tertiary/aromatic N) is 1. The Hall–Kier alpha value is -1.02. The number of carbonyl (C=O) groups is 1. The number of carbonyl (C=O) groups excluding carboxylic acids is 1. The lowest BCUT2D eigenvalue weighted by atomic mass is 9.94. The van der Waals surface area contributed by atoms with Crippen LogP contribution >= 0.6 is 11.6 Å². The highest BCUT2D eigenvalue weighted by Gasteiger charge is 2.34. The van der Waals surface area contributed by atoms with Gasteiger partial charge in [-0.1, -0.05) is 30.2 Å². The van der Waals surface area contributed by atoms with Crippen LogP contribution in [0.5, 0.6) is 0 Å². The highest BCUT2D eigenvalue weighted by molar-refractivity contribution is 6.30. The zero-order valence-corrected chi connectivity index (χ0v) is 11.9. The molecule has 3 rings (SSSR count). The fourth-order valence-corrected chi connectivity index (χ4v) is 3.06. The maximum absolute atomic E-state index is 12.2. The van der Waals surface area contributed by atoms with Crippen LogP contribution in [0.15, 0.2) is 24.3 Å². The van der Waals surface area contributed by atoms with Crippen molar-refractivity contribution < 1.29 is 4.79 Å². The molecule has 3 heteroatoms. The first-order chi connectivity index (χ1) is 9.24. The Kier molecular flexibility index (Phi) is 3.79. The smallest absolute Gasteiger partial charge is 0.225 e. The van der Waals surface area contributed by atoms with Crippen molar-refractivity contribution in [2.24, 2.45) is 5.92 Å². The lowest BCUT2D eigenvalue weighted by Gasteiger charge is -2.25. The topological polar surface area (TPSA) is 20.3 Å². The number of hydrogen-bond donors (Lipinski definition) is 0. The van der Waals surface area contributed by atoms with Crippen LogP contribution in [-0.4, -0.2) is 23.9 Å². The number of amides is 1. The van der Waals surface area contributed by atoms with Gasteiger partial charge in [-0.2, -0.15) is 0 Å².